The molecule has 0 saturated heterocycles. The minimum absolute atomic E-state index is 0.0687. The van der Waals surface area contributed by atoms with Crippen LogP contribution in [0.4, 0.5) is 0 Å². The molecule has 12 nitrogen and oxygen atoms in total. The van der Waals surface area contributed by atoms with Gasteiger partial charge in [-0.1, -0.05) is 13.8 Å². The zero-order valence-corrected chi connectivity index (χ0v) is 18.6. The molecule has 0 aromatic heterocycles. The maximum atomic E-state index is 12.8. The number of aliphatic hydroxyl groups is 1. The molecular formula is C18H32N4O8S. The Morgan fingerprint density at radius 3 is 1.87 bits per heavy atom. The number of carboxylic acid groups (broad SMARTS) is 2. The van der Waals surface area contributed by atoms with E-state index in [0.29, 0.717) is 5.75 Å². The number of carbonyl (C=O) groups is 5. The summed E-state index contributed by atoms with van der Waals surface area (Å²) in [7, 11) is 0. The fraction of sp³-hybridized carbons (Fsp3) is 0.722. The van der Waals surface area contributed by atoms with E-state index in [2.05, 4.69) is 16.0 Å². The minimum atomic E-state index is -1.66. The SMILES string of the molecule is CSCCC(NC(=O)C(N)CO)C(=O)NC(CC(C)C)C(=O)NC(CC(=O)O)C(=O)O. The van der Waals surface area contributed by atoms with Gasteiger partial charge in [-0.25, -0.2) is 4.79 Å². The molecule has 4 atom stereocenters. The van der Waals surface area contributed by atoms with E-state index in [1.165, 1.54) is 11.8 Å². The molecule has 0 spiro atoms. The van der Waals surface area contributed by atoms with Crippen LogP contribution in [0, 0.1) is 5.92 Å². The number of aliphatic hydroxyl groups excluding tert-OH is 1. The van der Waals surface area contributed by atoms with Crippen molar-refractivity contribution < 1.29 is 39.3 Å². The highest BCUT2D eigenvalue weighted by atomic mass is 32.2. The van der Waals surface area contributed by atoms with E-state index in [4.69, 9.17) is 21.1 Å². The summed E-state index contributed by atoms with van der Waals surface area (Å²) < 4.78 is 0. The molecule has 0 aromatic rings. The molecule has 178 valence electrons. The number of thioether (sulfide) groups is 1. The van der Waals surface area contributed by atoms with Crippen molar-refractivity contribution in [3.8, 4) is 0 Å². The van der Waals surface area contributed by atoms with Gasteiger partial charge in [-0.15, -0.1) is 0 Å². The predicted octanol–water partition coefficient (Wildman–Crippen LogP) is -1.88. The summed E-state index contributed by atoms with van der Waals surface area (Å²) in [6, 6.07) is -5.06. The highest BCUT2D eigenvalue weighted by Crippen LogP contribution is 2.08. The Morgan fingerprint density at radius 1 is 0.903 bits per heavy atom. The minimum Gasteiger partial charge on any atom is -0.481 e. The van der Waals surface area contributed by atoms with Gasteiger partial charge in [-0.2, -0.15) is 11.8 Å². The summed E-state index contributed by atoms with van der Waals surface area (Å²) in [6.07, 6.45) is 1.36. The standard InChI is InChI=1S/C18H32N4O8S/c1-9(2)6-12(17(28)22-13(18(29)30)7-14(24)25)21-16(27)11(4-5-31-3)20-15(26)10(19)8-23/h9-13,23H,4-8,19H2,1-3H3,(H,20,26)(H,21,27)(H,22,28)(H,24,25)(H,29,30). The molecule has 8 N–H and O–H groups in total. The number of aliphatic carboxylic acids is 2. The fourth-order valence-corrected chi connectivity index (χ4v) is 2.96. The molecule has 0 rings (SSSR count). The van der Waals surface area contributed by atoms with Crippen molar-refractivity contribution in [3.05, 3.63) is 0 Å². The summed E-state index contributed by atoms with van der Waals surface area (Å²) in [5.74, 6) is -4.75. The van der Waals surface area contributed by atoms with E-state index in [1.807, 2.05) is 0 Å². The molecule has 0 aliphatic heterocycles. The molecule has 3 amide bonds. The van der Waals surface area contributed by atoms with Crippen molar-refractivity contribution in [2.24, 2.45) is 11.7 Å². The van der Waals surface area contributed by atoms with E-state index in [9.17, 15) is 24.0 Å². The van der Waals surface area contributed by atoms with E-state index in [-0.39, 0.29) is 18.8 Å². The molecule has 0 fully saturated rings. The maximum Gasteiger partial charge on any atom is 0.326 e. The third-order valence-corrected chi connectivity index (χ3v) is 4.75. The molecule has 4 unspecified atom stereocenters. The van der Waals surface area contributed by atoms with Crippen LogP contribution in [-0.2, 0) is 24.0 Å². The fourth-order valence-electron chi connectivity index (χ4n) is 2.49. The van der Waals surface area contributed by atoms with Gasteiger partial charge in [0.05, 0.1) is 13.0 Å². The summed E-state index contributed by atoms with van der Waals surface area (Å²) in [6.45, 7) is 2.96. The molecule has 0 bridgehead atoms. The molecule has 0 aliphatic rings. The van der Waals surface area contributed by atoms with Crippen molar-refractivity contribution in [3.63, 3.8) is 0 Å². The van der Waals surface area contributed by atoms with Gasteiger partial charge in [0.1, 0.15) is 24.2 Å². The van der Waals surface area contributed by atoms with Crippen LogP contribution in [0.5, 0.6) is 0 Å². The van der Waals surface area contributed by atoms with Gasteiger partial charge in [0.2, 0.25) is 17.7 Å². The van der Waals surface area contributed by atoms with Crippen LogP contribution in [0.1, 0.15) is 33.1 Å². The summed E-state index contributed by atoms with van der Waals surface area (Å²) in [5, 5.41) is 34.0. The summed E-state index contributed by atoms with van der Waals surface area (Å²) >= 11 is 1.43. The Hall–Kier alpha value is -2.38. The molecule has 13 heteroatoms. The number of hydrogen-bond acceptors (Lipinski definition) is 8. The predicted molar refractivity (Wildman–Crippen MR) is 113 cm³/mol. The van der Waals surface area contributed by atoms with Gasteiger partial charge in [-0.05, 0) is 30.8 Å². The Labute approximate surface area is 184 Å². The quantitative estimate of drug-likeness (QED) is 0.143. The largest absolute Gasteiger partial charge is 0.481 e. The zero-order chi connectivity index (χ0) is 24.1. The average Bonchev–Trinajstić information content (AvgIpc) is 2.68. The third kappa shape index (κ3) is 11.5. The molecule has 0 heterocycles. The van der Waals surface area contributed by atoms with Crippen molar-refractivity contribution in [2.45, 2.75) is 57.3 Å². The van der Waals surface area contributed by atoms with E-state index < -0.39 is 66.9 Å². The van der Waals surface area contributed by atoms with Gasteiger partial charge in [0.15, 0.2) is 0 Å². The van der Waals surface area contributed by atoms with Crippen LogP contribution >= 0.6 is 11.8 Å². The van der Waals surface area contributed by atoms with Gasteiger partial charge in [0, 0.05) is 0 Å². The lowest BCUT2D eigenvalue weighted by atomic mass is 10.0. The number of rotatable bonds is 15. The zero-order valence-electron chi connectivity index (χ0n) is 17.8. The Bertz CT molecular complexity index is 646. The number of amides is 3. The topological polar surface area (TPSA) is 208 Å². The lowest BCUT2D eigenvalue weighted by Gasteiger charge is -2.25. The first kappa shape index (κ1) is 28.6. The first-order valence-corrected chi connectivity index (χ1v) is 11.0. The van der Waals surface area contributed by atoms with E-state index >= 15 is 0 Å². The second-order valence-corrected chi connectivity index (χ2v) is 8.31. The van der Waals surface area contributed by atoms with Crippen LogP contribution < -0.4 is 21.7 Å². The lowest BCUT2D eigenvalue weighted by Crippen LogP contribution is -2.57. The van der Waals surface area contributed by atoms with Crippen LogP contribution in [0.25, 0.3) is 0 Å². The second-order valence-electron chi connectivity index (χ2n) is 7.32. The Balaban J connectivity index is 5.43. The Morgan fingerprint density at radius 2 is 1.42 bits per heavy atom. The van der Waals surface area contributed by atoms with Crippen molar-refractivity contribution in [1.82, 2.24) is 16.0 Å². The molecule has 0 aromatic carbocycles. The van der Waals surface area contributed by atoms with Crippen molar-refractivity contribution in [1.29, 1.82) is 0 Å². The lowest BCUT2D eigenvalue weighted by molar-refractivity contribution is -0.147. The van der Waals surface area contributed by atoms with Crippen LogP contribution in [0.2, 0.25) is 0 Å². The van der Waals surface area contributed by atoms with Crippen LogP contribution in [-0.4, -0.2) is 87.8 Å². The van der Waals surface area contributed by atoms with Crippen molar-refractivity contribution >= 4 is 41.4 Å². The molecular weight excluding hydrogens is 432 g/mol. The van der Waals surface area contributed by atoms with Crippen LogP contribution in [0.3, 0.4) is 0 Å². The third-order valence-electron chi connectivity index (χ3n) is 4.11. The highest BCUT2D eigenvalue weighted by Gasteiger charge is 2.31. The van der Waals surface area contributed by atoms with Gasteiger partial charge < -0.3 is 37.0 Å². The molecule has 0 saturated carbocycles. The van der Waals surface area contributed by atoms with Gasteiger partial charge in [-0.3, -0.25) is 19.2 Å². The summed E-state index contributed by atoms with van der Waals surface area (Å²) in [4.78, 5) is 59.4. The Kier molecular flexibility index (Phi) is 13.5. The van der Waals surface area contributed by atoms with Gasteiger partial charge in [0.25, 0.3) is 0 Å². The highest BCUT2D eigenvalue weighted by molar-refractivity contribution is 7.98. The van der Waals surface area contributed by atoms with E-state index in [0.717, 1.165) is 0 Å². The van der Waals surface area contributed by atoms with Crippen LogP contribution in [0.15, 0.2) is 0 Å². The number of nitrogens with one attached hydrogen (secondary N) is 3. The monoisotopic (exact) mass is 464 g/mol. The van der Waals surface area contributed by atoms with Gasteiger partial charge >= 0.3 is 11.9 Å². The normalized spacial score (nSPS) is 14.8. The number of nitrogens with two attached hydrogens (primary N) is 1. The van der Waals surface area contributed by atoms with E-state index in [1.54, 1.807) is 20.1 Å². The average molecular weight is 465 g/mol. The molecule has 0 aliphatic carbocycles. The second kappa shape index (κ2) is 14.6. The first-order valence-electron chi connectivity index (χ1n) is 9.63. The number of hydrogen-bond donors (Lipinski definition) is 7. The summed E-state index contributed by atoms with van der Waals surface area (Å²) in [5.41, 5.74) is 5.47. The smallest absolute Gasteiger partial charge is 0.326 e. The number of carbonyl (C=O) groups excluding carboxylic acids is 3. The molecule has 31 heavy (non-hydrogen) atoms. The number of carboxylic acids is 2. The first-order chi connectivity index (χ1) is 14.4. The van der Waals surface area contributed by atoms with Crippen molar-refractivity contribution in [2.75, 3.05) is 18.6 Å². The maximum absolute atomic E-state index is 12.8. The molecule has 0 radical (unpaired) electrons.